The van der Waals surface area contributed by atoms with Crippen molar-refractivity contribution in [2.75, 3.05) is 25.1 Å². The Balaban J connectivity index is 2.58. The third-order valence-corrected chi connectivity index (χ3v) is 3.54. The van der Waals surface area contributed by atoms with Crippen molar-refractivity contribution >= 4 is 22.4 Å². The molecule has 0 bridgehead atoms. The van der Waals surface area contributed by atoms with Crippen LogP contribution in [0.5, 0.6) is 0 Å². The number of thiazole rings is 1. The maximum Gasteiger partial charge on any atom is 0.305 e. The number of anilines is 1. The summed E-state index contributed by atoms with van der Waals surface area (Å²) in [6.45, 7) is 8.52. The van der Waals surface area contributed by atoms with Gasteiger partial charge in [-0.05, 0) is 12.8 Å². The van der Waals surface area contributed by atoms with Crippen LogP contribution in [0.3, 0.4) is 0 Å². The van der Waals surface area contributed by atoms with Gasteiger partial charge < -0.3 is 9.64 Å². The first-order valence-electron chi connectivity index (χ1n) is 6.33. The molecule has 1 aromatic rings. The molecule has 0 N–H and O–H groups in total. The van der Waals surface area contributed by atoms with Crippen LogP contribution in [0.2, 0.25) is 0 Å². The van der Waals surface area contributed by atoms with Crippen molar-refractivity contribution in [1.82, 2.24) is 4.98 Å². The van der Waals surface area contributed by atoms with Crippen LogP contribution in [-0.4, -0.2) is 31.2 Å². The third-order valence-electron chi connectivity index (χ3n) is 2.59. The van der Waals surface area contributed by atoms with Crippen LogP contribution >= 0.6 is 11.3 Å². The minimum atomic E-state index is -0.181. The van der Waals surface area contributed by atoms with E-state index in [2.05, 4.69) is 35.4 Å². The van der Waals surface area contributed by atoms with E-state index >= 15 is 0 Å². The fraction of sp³-hybridized carbons (Fsp3) is 0.692. The summed E-state index contributed by atoms with van der Waals surface area (Å²) in [7, 11) is 1.41. The maximum atomic E-state index is 11.1. The molecule has 0 amide bonds. The number of hydrogen-bond acceptors (Lipinski definition) is 5. The van der Waals surface area contributed by atoms with Gasteiger partial charge in [0, 0.05) is 24.9 Å². The van der Waals surface area contributed by atoms with Gasteiger partial charge in [0.1, 0.15) is 0 Å². The number of hydrogen-bond donors (Lipinski definition) is 0. The van der Waals surface area contributed by atoms with E-state index in [-0.39, 0.29) is 5.97 Å². The van der Waals surface area contributed by atoms with Gasteiger partial charge in [0.2, 0.25) is 0 Å². The fourth-order valence-electron chi connectivity index (χ4n) is 1.67. The van der Waals surface area contributed by atoms with Gasteiger partial charge in [0.15, 0.2) is 5.13 Å². The number of rotatable bonds is 7. The molecule has 0 unspecified atom stereocenters. The summed E-state index contributed by atoms with van der Waals surface area (Å²) >= 11 is 1.65. The first kappa shape index (κ1) is 15.0. The van der Waals surface area contributed by atoms with E-state index in [0.717, 1.165) is 23.9 Å². The van der Waals surface area contributed by atoms with Crippen LogP contribution in [0.15, 0.2) is 5.38 Å². The smallest absolute Gasteiger partial charge is 0.305 e. The predicted octanol–water partition coefficient (Wildman–Crippen LogP) is 2.73. The van der Waals surface area contributed by atoms with Gasteiger partial charge in [-0.2, -0.15) is 0 Å². The zero-order valence-corrected chi connectivity index (χ0v) is 12.4. The van der Waals surface area contributed by atoms with Crippen molar-refractivity contribution in [2.24, 2.45) is 5.92 Å². The van der Waals surface area contributed by atoms with Gasteiger partial charge in [-0.1, -0.05) is 13.8 Å². The van der Waals surface area contributed by atoms with E-state index in [9.17, 15) is 4.79 Å². The minimum absolute atomic E-state index is 0.181. The zero-order valence-electron chi connectivity index (χ0n) is 11.6. The normalized spacial score (nSPS) is 10.7. The summed E-state index contributed by atoms with van der Waals surface area (Å²) in [5, 5.41) is 3.08. The molecule has 18 heavy (non-hydrogen) atoms. The highest BCUT2D eigenvalue weighted by Crippen LogP contribution is 2.22. The summed E-state index contributed by atoms with van der Waals surface area (Å²) in [5.41, 5.74) is 0.975. The molecule has 0 saturated carbocycles. The lowest BCUT2D eigenvalue weighted by Crippen LogP contribution is -2.27. The van der Waals surface area contributed by atoms with Crippen molar-refractivity contribution in [1.29, 1.82) is 0 Å². The molecule has 1 aromatic heterocycles. The molecule has 0 atom stereocenters. The molecular formula is C13H22N2O2S. The zero-order chi connectivity index (χ0) is 13.5. The quantitative estimate of drug-likeness (QED) is 0.714. The van der Waals surface area contributed by atoms with Crippen molar-refractivity contribution in [3.05, 3.63) is 11.1 Å². The highest BCUT2D eigenvalue weighted by atomic mass is 32.1. The lowest BCUT2D eigenvalue weighted by Gasteiger charge is -2.21. The van der Waals surface area contributed by atoms with E-state index < -0.39 is 0 Å². The molecule has 102 valence electrons. The van der Waals surface area contributed by atoms with E-state index in [4.69, 9.17) is 0 Å². The first-order chi connectivity index (χ1) is 8.56. The van der Waals surface area contributed by atoms with E-state index in [1.165, 1.54) is 7.11 Å². The monoisotopic (exact) mass is 270 g/mol. The molecule has 0 aliphatic rings. The first-order valence-corrected chi connectivity index (χ1v) is 7.21. The van der Waals surface area contributed by atoms with Gasteiger partial charge in [0.05, 0.1) is 19.2 Å². The second-order valence-corrected chi connectivity index (χ2v) is 5.47. The molecule has 5 heteroatoms. The van der Waals surface area contributed by atoms with Crippen LogP contribution < -0.4 is 4.90 Å². The van der Waals surface area contributed by atoms with Gasteiger partial charge in [-0.3, -0.25) is 4.79 Å². The molecule has 1 rings (SSSR count). The number of ether oxygens (including phenoxy) is 1. The standard InChI is InChI=1S/C13H22N2O2S/c1-5-15(8-10(2)3)13-14-11(9-18-13)6-7-12(16)17-4/h9-10H,5-8H2,1-4H3. The Bertz CT molecular complexity index is 377. The minimum Gasteiger partial charge on any atom is -0.469 e. The molecule has 0 aromatic carbocycles. The second kappa shape index (κ2) is 7.36. The Hall–Kier alpha value is -1.10. The van der Waals surface area contributed by atoms with Gasteiger partial charge in [-0.15, -0.1) is 11.3 Å². The number of nitrogens with zero attached hydrogens (tertiary/aromatic N) is 2. The lowest BCUT2D eigenvalue weighted by atomic mass is 10.2. The van der Waals surface area contributed by atoms with Crippen LogP contribution in [0, 0.1) is 5.92 Å². The van der Waals surface area contributed by atoms with Crippen molar-refractivity contribution in [3.8, 4) is 0 Å². The molecule has 0 aliphatic heterocycles. The number of methoxy groups -OCH3 is 1. The molecule has 0 radical (unpaired) electrons. The topological polar surface area (TPSA) is 42.4 Å². The van der Waals surface area contributed by atoms with Crippen molar-refractivity contribution in [3.63, 3.8) is 0 Å². The molecule has 1 heterocycles. The Morgan fingerprint density at radius 1 is 1.56 bits per heavy atom. The number of esters is 1. The Morgan fingerprint density at radius 3 is 2.83 bits per heavy atom. The van der Waals surface area contributed by atoms with Crippen LogP contribution in [-0.2, 0) is 16.0 Å². The van der Waals surface area contributed by atoms with Crippen molar-refractivity contribution < 1.29 is 9.53 Å². The highest BCUT2D eigenvalue weighted by Gasteiger charge is 2.11. The average molecular weight is 270 g/mol. The third kappa shape index (κ3) is 4.64. The summed E-state index contributed by atoms with van der Waals surface area (Å²) in [6.07, 6.45) is 1.05. The Kier molecular flexibility index (Phi) is 6.12. The van der Waals surface area contributed by atoms with Crippen LogP contribution in [0.1, 0.15) is 32.9 Å². The second-order valence-electron chi connectivity index (χ2n) is 4.63. The van der Waals surface area contributed by atoms with Crippen molar-refractivity contribution in [2.45, 2.75) is 33.6 Å². The van der Waals surface area contributed by atoms with Gasteiger partial charge in [0.25, 0.3) is 0 Å². The van der Waals surface area contributed by atoms with E-state index in [1.807, 2.05) is 5.38 Å². The van der Waals surface area contributed by atoms with Crippen LogP contribution in [0.25, 0.3) is 0 Å². The lowest BCUT2D eigenvalue weighted by molar-refractivity contribution is -0.140. The highest BCUT2D eigenvalue weighted by molar-refractivity contribution is 7.13. The maximum absolute atomic E-state index is 11.1. The van der Waals surface area contributed by atoms with E-state index in [0.29, 0.717) is 18.8 Å². The molecule has 0 fully saturated rings. The largest absolute Gasteiger partial charge is 0.469 e. The van der Waals surface area contributed by atoms with E-state index in [1.54, 1.807) is 11.3 Å². The fourth-order valence-corrected chi connectivity index (χ4v) is 2.61. The molecule has 0 spiro atoms. The number of aryl methyl sites for hydroxylation is 1. The summed E-state index contributed by atoms with van der Waals surface area (Å²) in [5.74, 6) is 0.437. The number of carbonyl (C=O) groups is 1. The molecule has 0 saturated heterocycles. The predicted molar refractivity (Wildman–Crippen MR) is 75.2 cm³/mol. The number of carbonyl (C=O) groups excluding carboxylic acids is 1. The van der Waals surface area contributed by atoms with Gasteiger partial charge >= 0.3 is 5.97 Å². The molecule has 4 nitrogen and oxygen atoms in total. The Labute approximate surface area is 113 Å². The molecular weight excluding hydrogens is 248 g/mol. The van der Waals surface area contributed by atoms with Gasteiger partial charge in [-0.25, -0.2) is 4.98 Å². The number of aromatic nitrogens is 1. The summed E-state index contributed by atoms with van der Waals surface area (Å²) in [4.78, 5) is 17.9. The Morgan fingerprint density at radius 2 is 2.28 bits per heavy atom. The SMILES string of the molecule is CCN(CC(C)C)c1nc(CCC(=O)OC)cs1. The van der Waals surface area contributed by atoms with Crippen LogP contribution in [0.4, 0.5) is 5.13 Å². The molecule has 0 aliphatic carbocycles. The summed E-state index contributed by atoms with van der Waals surface area (Å²) in [6, 6.07) is 0. The summed E-state index contributed by atoms with van der Waals surface area (Å²) < 4.78 is 4.63. The average Bonchev–Trinajstić information content (AvgIpc) is 2.81.